The summed E-state index contributed by atoms with van der Waals surface area (Å²) in [5, 5.41) is 3.08. The Hall–Kier alpha value is -0.613. The van der Waals surface area contributed by atoms with Crippen LogP contribution < -0.4 is 10.4 Å². The van der Waals surface area contributed by atoms with Crippen LogP contribution in [-0.2, 0) is 4.43 Å². The van der Waals surface area contributed by atoms with Crippen LogP contribution in [0.1, 0.15) is 5.56 Å². The standard InChI is InChI=1S/C15H17ISi/c1-17(2,14-9-4-3-5-10-14)15-11-7-6-8-13(15)12-16/h3-11H,12H2,1-2H3. The predicted molar refractivity (Wildman–Crippen MR) is 87.4 cm³/mol. The molecule has 0 heterocycles. The summed E-state index contributed by atoms with van der Waals surface area (Å²) in [5.41, 5.74) is 1.49. The number of rotatable bonds is 3. The lowest BCUT2D eigenvalue weighted by Crippen LogP contribution is -2.54. The van der Waals surface area contributed by atoms with Gasteiger partial charge in [0.1, 0.15) is 8.07 Å². The van der Waals surface area contributed by atoms with Crippen molar-refractivity contribution in [2.75, 3.05) is 0 Å². The van der Waals surface area contributed by atoms with Gasteiger partial charge >= 0.3 is 0 Å². The molecule has 0 amide bonds. The first-order valence-electron chi connectivity index (χ1n) is 5.86. The van der Waals surface area contributed by atoms with Crippen LogP contribution in [0, 0.1) is 0 Å². The normalized spacial score (nSPS) is 11.5. The molecular formula is C15H17ISi. The van der Waals surface area contributed by atoms with Gasteiger partial charge in [-0.3, -0.25) is 0 Å². The third-order valence-electron chi connectivity index (χ3n) is 3.33. The van der Waals surface area contributed by atoms with Gasteiger partial charge in [0.2, 0.25) is 0 Å². The van der Waals surface area contributed by atoms with E-state index >= 15 is 0 Å². The number of benzene rings is 2. The molecular weight excluding hydrogens is 335 g/mol. The Labute approximate surface area is 118 Å². The van der Waals surface area contributed by atoms with Crippen molar-refractivity contribution in [1.29, 1.82) is 0 Å². The predicted octanol–water partition coefficient (Wildman–Crippen LogP) is 3.44. The topological polar surface area (TPSA) is 0 Å². The van der Waals surface area contributed by atoms with Crippen LogP contribution in [0.25, 0.3) is 0 Å². The van der Waals surface area contributed by atoms with Gasteiger partial charge < -0.3 is 0 Å². The largest absolute Gasteiger partial charge is 0.112 e. The maximum Gasteiger partial charge on any atom is 0.112 e. The van der Waals surface area contributed by atoms with Crippen molar-refractivity contribution in [3.05, 3.63) is 60.2 Å². The molecule has 0 bridgehead atoms. The van der Waals surface area contributed by atoms with Crippen molar-refractivity contribution in [1.82, 2.24) is 0 Å². The van der Waals surface area contributed by atoms with E-state index in [-0.39, 0.29) is 0 Å². The number of hydrogen-bond donors (Lipinski definition) is 0. The van der Waals surface area contributed by atoms with E-state index in [4.69, 9.17) is 0 Å². The number of halogens is 1. The monoisotopic (exact) mass is 352 g/mol. The van der Waals surface area contributed by atoms with E-state index in [0.29, 0.717) is 0 Å². The third kappa shape index (κ3) is 2.63. The molecule has 0 nitrogen and oxygen atoms in total. The Balaban J connectivity index is 2.51. The molecule has 0 aliphatic carbocycles. The lowest BCUT2D eigenvalue weighted by atomic mass is 10.2. The van der Waals surface area contributed by atoms with E-state index < -0.39 is 8.07 Å². The maximum atomic E-state index is 2.46. The van der Waals surface area contributed by atoms with E-state index in [9.17, 15) is 0 Å². The molecule has 0 radical (unpaired) electrons. The summed E-state index contributed by atoms with van der Waals surface area (Å²) in [4.78, 5) is 0. The van der Waals surface area contributed by atoms with Crippen LogP contribution in [0.15, 0.2) is 54.6 Å². The van der Waals surface area contributed by atoms with Gasteiger partial charge in [0, 0.05) is 4.43 Å². The third-order valence-corrected chi connectivity index (χ3v) is 7.76. The SMILES string of the molecule is C[Si](C)(c1ccccc1)c1ccccc1CI. The van der Waals surface area contributed by atoms with E-state index in [0.717, 1.165) is 4.43 Å². The van der Waals surface area contributed by atoms with Gasteiger partial charge in [0.05, 0.1) is 0 Å². The van der Waals surface area contributed by atoms with E-state index in [1.807, 2.05) is 0 Å². The van der Waals surface area contributed by atoms with Gasteiger partial charge in [-0.05, 0) is 5.56 Å². The van der Waals surface area contributed by atoms with Crippen molar-refractivity contribution in [3.8, 4) is 0 Å². The second-order valence-electron chi connectivity index (χ2n) is 4.78. The summed E-state index contributed by atoms with van der Waals surface area (Å²) in [6, 6.07) is 19.8. The minimum absolute atomic E-state index is 1.09. The number of alkyl halides is 1. The summed E-state index contributed by atoms with van der Waals surface area (Å²) >= 11 is 2.46. The van der Waals surface area contributed by atoms with Crippen LogP contribution in [0.2, 0.25) is 13.1 Å². The Morgan fingerprint density at radius 3 is 2.12 bits per heavy atom. The smallest absolute Gasteiger partial charge is 0.0812 e. The first-order valence-corrected chi connectivity index (χ1v) is 10.4. The van der Waals surface area contributed by atoms with Crippen molar-refractivity contribution < 1.29 is 0 Å². The first kappa shape index (κ1) is 12.8. The van der Waals surface area contributed by atoms with Crippen LogP contribution >= 0.6 is 22.6 Å². The summed E-state index contributed by atoms with van der Waals surface area (Å²) < 4.78 is 1.09. The molecule has 0 saturated carbocycles. The highest BCUT2D eigenvalue weighted by Gasteiger charge is 2.27. The highest BCUT2D eigenvalue weighted by Crippen LogP contribution is 2.11. The molecule has 0 aliphatic heterocycles. The molecule has 0 saturated heterocycles. The molecule has 0 atom stereocenters. The van der Waals surface area contributed by atoms with Gasteiger partial charge in [-0.25, -0.2) is 0 Å². The zero-order valence-corrected chi connectivity index (χ0v) is 13.4. The van der Waals surface area contributed by atoms with Crippen LogP contribution in [0.4, 0.5) is 0 Å². The minimum Gasteiger partial charge on any atom is -0.0812 e. The van der Waals surface area contributed by atoms with Crippen LogP contribution in [-0.4, -0.2) is 8.07 Å². The summed E-state index contributed by atoms with van der Waals surface area (Å²) in [5.74, 6) is 0. The number of hydrogen-bond acceptors (Lipinski definition) is 0. The Morgan fingerprint density at radius 1 is 0.882 bits per heavy atom. The Morgan fingerprint density at radius 2 is 1.47 bits per heavy atom. The lowest BCUT2D eigenvalue weighted by Gasteiger charge is -2.26. The maximum absolute atomic E-state index is 2.46. The molecule has 0 spiro atoms. The molecule has 2 aromatic rings. The van der Waals surface area contributed by atoms with Gasteiger partial charge in [-0.1, -0.05) is 101 Å². The molecule has 17 heavy (non-hydrogen) atoms. The highest BCUT2D eigenvalue weighted by atomic mass is 127. The molecule has 0 aromatic heterocycles. The molecule has 88 valence electrons. The molecule has 0 N–H and O–H groups in total. The quantitative estimate of drug-likeness (QED) is 0.451. The van der Waals surface area contributed by atoms with Crippen molar-refractivity contribution in [2.24, 2.45) is 0 Å². The van der Waals surface area contributed by atoms with Crippen molar-refractivity contribution >= 4 is 41.0 Å². The average molecular weight is 352 g/mol. The van der Waals surface area contributed by atoms with Gasteiger partial charge in [0.25, 0.3) is 0 Å². The van der Waals surface area contributed by atoms with Gasteiger partial charge in [0.15, 0.2) is 0 Å². The zero-order chi connectivity index (χ0) is 12.3. The zero-order valence-electron chi connectivity index (χ0n) is 10.3. The first-order chi connectivity index (χ1) is 8.16. The van der Waals surface area contributed by atoms with Crippen LogP contribution in [0.5, 0.6) is 0 Å². The highest BCUT2D eigenvalue weighted by molar-refractivity contribution is 14.1. The summed E-state index contributed by atoms with van der Waals surface area (Å²) in [6.07, 6.45) is 0. The second-order valence-corrected chi connectivity index (χ2v) is 9.91. The summed E-state index contributed by atoms with van der Waals surface area (Å²) in [7, 11) is -1.53. The molecule has 0 aliphatic rings. The Bertz CT molecular complexity index is 491. The van der Waals surface area contributed by atoms with Crippen LogP contribution in [0.3, 0.4) is 0 Å². The minimum atomic E-state index is -1.53. The molecule has 0 unspecified atom stereocenters. The summed E-state index contributed by atoms with van der Waals surface area (Å²) in [6.45, 7) is 4.88. The van der Waals surface area contributed by atoms with Gasteiger partial charge in [-0.2, -0.15) is 0 Å². The molecule has 2 rings (SSSR count). The average Bonchev–Trinajstić information content (AvgIpc) is 2.39. The fraction of sp³-hybridized carbons (Fsp3) is 0.200. The van der Waals surface area contributed by atoms with Crippen molar-refractivity contribution in [2.45, 2.75) is 17.5 Å². The molecule has 0 fully saturated rings. The fourth-order valence-electron chi connectivity index (χ4n) is 2.26. The lowest BCUT2D eigenvalue weighted by molar-refractivity contribution is 1.48. The fourth-order valence-corrected chi connectivity index (χ4v) is 6.11. The van der Waals surface area contributed by atoms with Crippen molar-refractivity contribution in [3.63, 3.8) is 0 Å². The van der Waals surface area contributed by atoms with E-state index in [1.54, 1.807) is 5.19 Å². The second kappa shape index (κ2) is 5.36. The Kier molecular flexibility index (Phi) is 4.04. The van der Waals surface area contributed by atoms with E-state index in [2.05, 4.69) is 90.3 Å². The molecule has 2 aromatic carbocycles. The van der Waals surface area contributed by atoms with Gasteiger partial charge in [-0.15, -0.1) is 0 Å². The molecule has 2 heteroatoms. The van der Waals surface area contributed by atoms with E-state index in [1.165, 1.54) is 10.8 Å².